The van der Waals surface area contributed by atoms with Crippen LogP contribution in [-0.2, 0) is 4.79 Å². The van der Waals surface area contributed by atoms with Crippen molar-refractivity contribution in [1.29, 1.82) is 0 Å². The lowest BCUT2D eigenvalue weighted by Crippen LogP contribution is -2.38. The van der Waals surface area contributed by atoms with Crippen LogP contribution >= 0.6 is 0 Å². The van der Waals surface area contributed by atoms with E-state index in [9.17, 15) is 4.79 Å². The van der Waals surface area contributed by atoms with E-state index in [4.69, 9.17) is 0 Å². The first-order valence-electron chi connectivity index (χ1n) is 4.62. The lowest BCUT2D eigenvalue weighted by molar-refractivity contribution is -0.131. The van der Waals surface area contributed by atoms with Crippen LogP contribution in [0.25, 0.3) is 0 Å². The number of piperidine rings is 1. The summed E-state index contributed by atoms with van der Waals surface area (Å²) in [4.78, 5) is 13.4. The number of amides is 1. The summed E-state index contributed by atoms with van der Waals surface area (Å²) in [6, 6.07) is 0. The molecule has 1 fully saturated rings. The maximum absolute atomic E-state index is 11.4. The van der Waals surface area contributed by atoms with E-state index in [1.54, 1.807) is 6.08 Å². The highest BCUT2D eigenvalue weighted by molar-refractivity contribution is 5.77. The molecule has 1 atom stereocenters. The van der Waals surface area contributed by atoms with Crippen LogP contribution in [0.4, 0.5) is 0 Å². The van der Waals surface area contributed by atoms with E-state index in [0.717, 1.165) is 19.5 Å². The molecule has 1 aliphatic heterocycles. The molecule has 0 spiro atoms. The Balaban J connectivity index is 2.39. The van der Waals surface area contributed by atoms with Gasteiger partial charge in [-0.25, -0.2) is 0 Å². The highest BCUT2D eigenvalue weighted by atomic mass is 16.2. The van der Waals surface area contributed by atoms with Crippen LogP contribution in [0, 0.1) is 5.92 Å². The van der Waals surface area contributed by atoms with Crippen LogP contribution in [0.2, 0.25) is 0 Å². The first-order chi connectivity index (χ1) is 5.74. The van der Waals surface area contributed by atoms with E-state index < -0.39 is 0 Å². The fourth-order valence-corrected chi connectivity index (χ4v) is 1.67. The monoisotopic (exact) mass is 167 g/mol. The standard InChI is InChI=1S/C10H17NO/c1-3-5-10(12)11-7-4-6-9(2)8-11/h3,9H,1,4-8H2,2H3. The van der Waals surface area contributed by atoms with Crippen molar-refractivity contribution in [1.82, 2.24) is 4.90 Å². The third-order valence-electron chi connectivity index (χ3n) is 2.33. The van der Waals surface area contributed by atoms with Gasteiger partial charge in [-0.2, -0.15) is 0 Å². The molecule has 0 N–H and O–H groups in total. The van der Waals surface area contributed by atoms with Crippen molar-refractivity contribution >= 4 is 5.91 Å². The van der Waals surface area contributed by atoms with Crippen LogP contribution in [0.15, 0.2) is 12.7 Å². The molecule has 0 bridgehead atoms. The van der Waals surface area contributed by atoms with Gasteiger partial charge in [0.1, 0.15) is 0 Å². The predicted molar refractivity (Wildman–Crippen MR) is 49.8 cm³/mol. The van der Waals surface area contributed by atoms with Crippen molar-refractivity contribution < 1.29 is 4.79 Å². The molecule has 68 valence electrons. The number of rotatable bonds is 2. The zero-order chi connectivity index (χ0) is 8.97. The van der Waals surface area contributed by atoms with E-state index in [-0.39, 0.29) is 5.91 Å². The summed E-state index contributed by atoms with van der Waals surface area (Å²) in [6.07, 6.45) is 4.59. The molecule has 0 aromatic carbocycles. The Kier molecular flexibility index (Phi) is 3.32. The van der Waals surface area contributed by atoms with Crippen molar-refractivity contribution in [3.05, 3.63) is 12.7 Å². The summed E-state index contributed by atoms with van der Waals surface area (Å²) in [6.45, 7) is 7.65. The number of likely N-dealkylation sites (tertiary alicyclic amines) is 1. The molecule has 1 rings (SSSR count). The maximum Gasteiger partial charge on any atom is 0.226 e. The Morgan fingerprint density at radius 2 is 2.50 bits per heavy atom. The second-order valence-corrected chi connectivity index (χ2v) is 3.58. The van der Waals surface area contributed by atoms with Crippen molar-refractivity contribution in [2.75, 3.05) is 13.1 Å². The Bertz CT molecular complexity index is 177. The van der Waals surface area contributed by atoms with Gasteiger partial charge in [0.25, 0.3) is 0 Å². The highest BCUT2D eigenvalue weighted by Gasteiger charge is 2.19. The second kappa shape index (κ2) is 4.29. The number of carbonyl (C=O) groups is 1. The average molecular weight is 167 g/mol. The van der Waals surface area contributed by atoms with Gasteiger partial charge in [0.05, 0.1) is 0 Å². The van der Waals surface area contributed by atoms with Gasteiger partial charge in [-0.15, -0.1) is 6.58 Å². The van der Waals surface area contributed by atoms with Crippen molar-refractivity contribution in [3.8, 4) is 0 Å². The molecule has 2 nitrogen and oxygen atoms in total. The highest BCUT2D eigenvalue weighted by Crippen LogP contribution is 2.15. The molecule has 1 amide bonds. The molecule has 1 aliphatic rings. The Labute approximate surface area is 74.2 Å². The predicted octanol–water partition coefficient (Wildman–Crippen LogP) is 1.82. The zero-order valence-corrected chi connectivity index (χ0v) is 7.75. The fraction of sp³-hybridized carbons (Fsp3) is 0.700. The van der Waals surface area contributed by atoms with E-state index in [1.165, 1.54) is 6.42 Å². The van der Waals surface area contributed by atoms with E-state index in [1.807, 2.05) is 4.90 Å². The number of hydrogen-bond acceptors (Lipinski definition) is 1. The maximum atomic E-state index is 11.4. The SMILES string of the molecule is C=CCC(=O)N1CCCC(C)C1. The van der Waals surface area contributed by atoms with E-state index in [2.05, 4.69) is 13.5 Å². The summed E-state index contributed by atoms with van der Waals surface area (Å²) in [7, 11) is 0. The Morgan fingerprint density at radius 1 is 1.75 bits per heavy atom. The van der Waals surface area contributed by atoms with Gasteiger partial charge < -0.3 is 4.90 Å². The van der Waals surface area contributed by atoms with Crippen LogP contribution in [-0.4, -0.2) is 23.9 Å². The van der Waals surface area contributed by atoms with Gasteiger partial charge in [-0.3, -0.25) is 4.79 Å². The molecular weight excluding hydrogens is 150 g/mol. The largest absolute Gasteiger partial charge is 0.342 e. The summed E-state index contributed by atoms with van der Waals surface area (Å²) in [5.74, 6) is 0.907. The molecule has 0 aliphatic carbocycles. The molecule has 1 unspecified atom stereocenters. The van der Waals surface area contributed by atoms with Gasteiger partial charge >= 0.3 is 0 Å². The lowest BCUT2D eigenvalue weighted by atomic mass is 10.0. The van der Waals surface area contributed by atoms with Crippen LogP contribution in [0.3, 0.4) is 0 Å². The molecule has 1 heterocycles. The number of nitrogens with zero attached hydrogens (tertiary/aromatic N) is 1. The second-order valence-electron chi connectivity index (χ2n) is 3.58. The van der Waals surface area contributed by atoms with Gasteiger partial charge in [0.2, 0.25) is 5.91 Å². The quantitative estimate of drug-likeness (QED) is 0.574. The lowest BCUT2D eigenvalue weighted by Gasteiger charge is -2.30. The minimum Gasteiger partial charge on any atom is -0.342 e. The van der Waals surface area contributed by atoms with Gasteiger partial charge in [0, 0.05) is 19.5 Å². The molecule has 0 aromatic heterocycles. The summed E-state index contributed by atoms with van der Waals surface area (Å²) in [5.41, 5.74) is 0. The van der Waals surface area contributed by atoms with Crippen molar-refractivity contribution in [2.24, 2.45) is 5.92 Å². The number of carbonyl (C=O) groups excluding carboxylic acids is 1. The third-order valence-corrected chi connectivity index (χ3v) is 2.33. The normalized spacial score (nSPS) is 23.8. The molecule has 0 radical (unpaired) electrons. The first kappa shape index (κ1) is 9.30. The Morgan fingerprint density at radius 3 is 3.08 bits per heavy atom. The topological polar surface area (TPSA) is 20.3 Å². The minimum absolute atomic E-state index is 0.233. The molecule has 0 aromatic rings. The van der Waals surface area contributed by atoms with Gasteiger partial charge in [0.15, 0.2) is 0 Å². The van der Waals surface area contributed by atoms with Crippen molar-refractivity contribution in [2.45, 2.75) is 26.2 Å². The molecule has 12 heavy (non-hydrogen) atoms. The van der Waals surface area contributed by atoms with E-state index >= 15 is 0 Å². The minimum atomic E-state index is 0.233. The first-order valence-corrected chi connectivity index (χ1v) is 4.62. The summed E-state index contributed by atoms with van der Waals surface area (Å²) >= 11 is 0. The van der Waals surface area contributed by atoms with Crippen molar-refractivity contribution in [3.63, 3.8) is 0 Å². The van der Waals surface area contributed by atoms with Gasteiger partial charge in [-0.05, 0) is 18.8 Å². The zero-order valence-electron chi connectivity index (χ0n) is 7.75. The third kappa shape index (κ3) is 2.36. The van der Waals surface area contributed by atoms with Crippen LogP contribution in [0.5, 0.6) is 0 Å². The van der Waals surface area contributed by atoms with Crippen LogP contribution in [0.1, 0.15) is 26.2 Å². The molecule has 1 saturated heterocycles. The fourth-order valence-electron chi connectivity index (χ4n) is 1.67. The molecule has 2 heteroatoms. The summed E-state index contributed by atoms with van der Waals surface area (Å²) in [5, 5.41) is 0. The molecule has 0 saturated carbocycles. The van der Waals surface area contributed by atoms with E-state index in [0.29, 0.717) is 12.3 Å². The summed E-state index contributed by atoms with van der Waals surface area (Å²) < 4.78 is 0. The average Bonchev–Trinajstić information content (AvgIpc) is 2.05. The van der Waals surface area contributed by atoms with Crippen LogP contribution < -0.4 is 0 Å². The molecular formula is C10H17NO. The number of hydrogen-bond donors (Lipinski definition) is 0. The Hall–Kier alpha value is -0.790. The smallest absolute Gasteiger partial charge is 0.226 e. The van der Waals surface area contributed by atoms with Gasteiger partial charge in [-0.1, -0.05) is 13.0 Å².